The van der Waals surface area contributed by atoms with Crippen molar-refractivity contribution in [2.24, 2.45) is 5.92 Å². The Morgan fingerprint density at radius 3 is 2.60 bits per heavy atom. The highest BCUT2D eigenvalue weighted by Gasteiger charge is 2.33. The number of carbonyl (C=O) groups excluding carboxylic acids is 1. The van der Waals surface area contributed by atoms with Crippen LogP contribution in [0.15, 0.2) is 18.2 Å². The number of hydrogen-bond acceptors (Lipinski definition) is 3. The zero-order valence-electron chi connectivity index (χ0n) is 14.7. The van der Waals surface area contributed by atoms with Gasteiger partial charge in [0.05, 0.1) is 11.7 Å². The first kappa shape index (κ1) is 20.5. The number of benzene rings is 1. The minimum Gasteiger partial charge on any atom is -0.351 e. The largest absolute Gasteiger partial charge is 0.351 e. The van der Waals surface area contributed by atoms with Gasteiger partial charge < -0.3 is 5.32 Å². The molecule has 0 aromatic heterocycles. The fourth-order valence-corrected chi connectivity index (χ4v) is 5.00. The number of piperidine rings is 1. The summed E-state index contributed by atoms with van der Waals surface area (Å²) in [6, 6.07) is 4.77. The summed E-state index contributed by atoms with van der Waals surface area (Å²) in [4.78, 5) is 12.4. The van der Waals surface area contributed by atoms with Crippen LogP contribution in [-0.2, 0) is 20.6 Å². The molecule has 0 unspecified atom stereocenters. The van der Waals surface area contributed by atoms with Gasteiger partial charge in [0, 0.05) is 28.7 Å². The average molecular weight is 407 g/mol. The third-order valence-electron chi connectivity index (χ3n) is 4.00. The van der Waals surface area contributed by atoms with Crippen molar-refractivity contribution in [2.75, 3.05) is 13.1 Å². The number of halogens is 2. The standard InChI is InChI=1S/C17H24Cl2N2O3S/c1-17(2,3)20-16(22)12-5-4-8-21(10-12)25(23,24)11-13-6-7-14(18)9-15(13)19/h6-7,9,12H,4-5,8,10-11H2,1-3H3,(H,20,22)/t12-/m0/s1. The predicted octanol–water partition coefficient (Wildman–Crippen LogP) is 3.45. The number of carbonyl (C=O) groups is 1. The van der Waals surface area contributed by atoms with Gasteiger partial charge in [-0.15, -0.1) is 0 Å². The average Bonchev–Trinajstić information content (AvgIpc) is 2.48. The number of sulfonamides is 1. The molecule has 25 heavy (non-hydrogen) atoms. The van der Waals surface area contributed by atoms with E-state index in [0.717, 1.165) is 0 Å². The van der Waals surface area contributed by atoms with Crippen molar-refractivity contribution in [3.8, 4) is 0 Å². The molecule has 1 saturated heterocycles. The second kappa shape index (κ2) is 7.82. The van der Waals surface area contributed by atoms with Crippen molar-refractivity contribution in [3.05, 3.63) is 33.8 Å². The lowest BCUT2D eigenvalue weighted by molar-refractivity contribution is -0.127. The van der Waals surface area contributed by atoms with Crippen molar-refractivity contribution in [3.63, 3.8) is 0 Å². The summed E-state index contributed by atoms with van der Waals surface area (Å²) in [5.74, 6) is -0.628. The molecule has 1 aliphatic rings. The fraction of sp³-hybridized carbons (Fsp3) is 0.588. The van der Waals surface area contributed by atoms with Gasteiger partial charge in [-0.05, 0) is 51.3 Å². The van der Waals surface area contributed by atoms with E-state index in [1.165, 1.54) is 10.4 Å². The maximum atomic E-state index is 12.7. The first-order valence-electron chi connectivity index (χ1n) is 8.22. The first-order chi connectivity index (χ1) is 11.5. The lowest BCUT2D eigenvalue weighted by Gasteiger charge is -2.33. The van der Waals surface area contributed by atoms with Crippen LogP contribution < -0.4 is 5.32 Å². The quantitative estimate of drug-likeness (QED) is 0.832. The van der Waals surface area contributed by atoms with Crippen molar-refractivity contribution in [2.45, 2.75) is 44.9 Å². The summed E-state index contributed by atoms with van der Waals surface area (Å²) in [5.41, 5.74) is 0.169. The lowest BCUT2D eigenvalue weighted by Crippen LogP contribution is -2.49. The molecule has 140 valence electrons. The lowest BCUT2D eigenvalue weighted by atomic mass is 9.97. The monoisotopic (exact) mass is 406 g/mol. The number of hydrogen-bond donors (Lipinski definition) is 1. The van der Waals surface area contributed by atoms with Gasteiger partial charge in [-0.25, -0.2) is 12.7 Å². The zero-order valence-corrected chi connectivity index (χ0v) is 17.0. The van der Waals surface area contributed by atoms with Crippen LogP contribution >= 0.6 is 23.2 Å². The normalized spacial score (nSPS) is 19.6. The topological polar surface area (TPSA) is 66.5 Å². The highest BCUT2D eigenvalue weighted by atomic mass is 35.5. The molecule has 8 heteroatoms. The van der Waals surface area contributed by atoms with Crippen LogP contribution in [0, 0.1) is 5.92 Å². The van der Waals surface area contributed by atoms with E-state index >= 15 is 0 Å². The number of nitrogens with one attached hydrogen (secondary N) is 1. The summed E-state index contributed by atoms with van der Waals surface area (Å²) in [6.07, 6.45) is 1.35. The van der Waals surface area contributed by atoms with Crippen LogP contribution in [0.2, 0.25) is 10.0 Å². The molecule has 1 aromatic carbocycles. The summed E-state index contributed by atoms with van der Waals surface area (Å²) >= 11 is 11.9. The van der Waals surface area contributed by atoms with E-state index in [-0.39, 0.29) is 29.7 Å². The van der Waals surface area contributed by atoms with Gasteiger partial charge in [-0.1, -0.05) is 29.3 Å². The Balaban J connectivity index is 2.09. The molecule has 1 fully saturated rings. The van der Waals surface area contributed by atoms with Gasteiger partial charge in [0.25, 0.3) is 0 Å². The third-order valence-corrected chi connectivity index (χ3v) is 6.38. The van der Waals surface area contributed by atoms with Crippen molar-refractivity contribution < 1.29 is 13.2 Å². The molecule has 1 N–H and O–H groups in total. The third kappa shape index (κ3) is 5.84. The van der Waals surface area contributed by atoms with Crippen molar-refractivity contribution in [1.29, 1.82) is 0 Å². The Bertz CT molecular complexity index is 745. The van der Waals surface area contributed by atoms with Gasteiger partial charge in [0.2, 0.25) is 15.9 Å². The summed E-state index contributed by atoms with van der Waals surface area (Å²) in [7, 11) is -3.56. The second-order valence-corrected chi connectivity index (χ2v) is 10.2. The molecular formula is C17H24Cl2N2O3S. The summed E-state index contributed by atoms with van der Waals surface area (Å²) in [5, 5.41) is 3.72. The van der Waals surface area contributed by atoms with Gasteiger partial charge >= 0.3 is 0 Å². The molecule has 0 aliphatic carbocycles. The van der Waals surface area contributed by atoms with Crippen molar-refractivity contribution in [1.82, 2.24) is 9.62 Å². The second-order valence-electron chi connectivity index (χ2n) is 7.43. The van der Waals surface area contributed by atoms with Crippen LogP contribution in [0.5, 0.6) is 0 Å². The van der Waals surface area contributed by atoms with E-state index in [2.05, 4.69) is 5.32 Å². The molecule has 0 spiro atoms. The highest BCUT2D eigenvalue weighted by Crippen LogP contribution is 2.26. The van der Waals surface area contributed by atoms with Crippen molar-refractivity contribution >= 4 is 39.1 Å². The Morgan fingerprint density at radius 1 is 1.32 bits per heavy atom. The maximum absolute atomic E-state index is 12.7. The molecular weight excluding hydrogens is 383 g/mol. The van der Waals surface area contributed by atoms with E-state index in [0.29, 0.717) is 35.0 Å². The molecule has 1 aliphatic heterocycles. The summed E-state index contributed by atoms with van der Waals surface area (Å²) < 4.78 is 26.9. The number of rotatable bonds is 4. The Labute approximate surface area is 159 Å². The van der Waals surface area contributed by atoms with Crippen LogP contribution in [0.3, 0.4) is 0 Å². The zero-order chi connectivity index (χ0) is 18.8. The van der Waals surface area contributed by atoms with E-state index < -0.39 is 10.0 Å². The molecule has 0 saturated carbocycles. The van der Waals surface area contributed by atoms with Gasteiger partial charge in [0.15, 0.2) is 0 Å². The van der Waals surface area contributed by atoms with Gasteiger partial charge in [-0.3, -0.25) is 4.79 Å². The van der Waals surface area contributed by atoms with E-state index in [1.807, 2.05) is 20.8 Å². The first-order valence-corrected chi connectivity index (χ1v) is 10.6. The van der Waals surface area contributed by atoms with Crippen LogP contribution in [-0.4, -0.2) is 37.3 Å². The van der Waals surface area contributed by atoms with Gasteiger partial charge in [0.1, 0.15) is 0 Å². The molecule has 1 heterocycles. The highest BCUT2D eigenvalue weighted by molar-refractivity contribution is 7.88. The molecule has 1 amide bonds. The summed E-state index contributed by atoms with van der Waals surface area (Å²) in [6.45, 7) is 6.35. The number of amides is 1. The van der Waals surface area contributed by atoms with E-state index in [9.17, 15) is 13.2 Å². The van der Waals surface area contributed by atoms with Crippen LogP contribution in [0.25, 0.3) is 0 Å². The Hall–Kier alpha value is -0.820. The molecule has 5 nitrogen and oxygen atoms in total. The van der Waals surface area contributed by atoms with Crippen LogP contribution in [0.1, 0.15) is 39.2 Å². The Morgan fingerprint density at radius 2 is 2.00 bits per heavy atom. The molecule has 1 atom stereocenters. The van der Waals surface area contributed by atoms with E-state index in [4.69, 9.17) is 23.2 Å². The molecule has 0 bridgehead atoms. The predicted molar refractivity (Wildman–Crippen MR) is 101 cm³/mol. The van der Waals surface area contributed by atoms with Gasteiger partial charge in [-0.2, -0.15) is 0 Å². The maximum Gasteiger partial charge on any atom is 0.224 e. The fourth-order valence-electron chi connectivity index (χ4n) is 2.81. The Kier molecular flexibility index (Phi) is 6.41. The minimum absolute atomic E-state index is 0.100. The van der Waals surface area contributed by atoms with E-state index in [1.54, 1.807) is 12.1 Å². The molecule has 2 rings (SSSR count). The molecule has 1 aromatic rings. The molecule has 0 radical (unpaired) electrons. The van der Waals surface area contributed by atoms with Crippen LogP contribution in [0.4, 0.5) is 0 Å². The SMILES string of the molecule is CC(C)(C)NC(=O)[C@H]1CCCN(S(=O)(=O)Cc2ccc(Cl)cc2Cl)C1. The smallest absolute Gasteiger partial charge is 0.224 e. The number of nitrogens with zero attached hydrogens (tertiary/aromatic N) is 1. The minimum atomic E-state index is -3.56.